The van der Waals surface area contributed by atoms with E-state index < -0.39 is 31.3 Å². The van der Waals surface area contributed by atoms with Crippen molar-refractivity contribution in [2.24, 2.45) is 7.05 Å². The SMILES string of the molecule is Cc1c(F)cc(S(=O)(=O)Nc2cc(C)n(C)n2)cc1[N+](=O)[O-]. The molecule has 10 heteroatoms. The van der Waals surface area contributed by atoms with E-state index in [0.29, 0.717) is 5.69 Å². The molecule has 1 aromatic carbocycles. The molecule has 0 saturated carbocycles. The molecule has 2 aromatic rings. The maximum atomic E-state index is 13.7. The van der Waals surface area contributed by atoms with Crippen molar-refractivity contribution in [1.29, 1.82) is 0 Å². The highest BCUT2D eigenvalue weighted by atomic mass is 32.2. The molecule has 0 fully saturated rings. The van der Waals surface area contributed by atoms with Crippen LogP contribution in [-0.4, -0.2) is 23.1 Å². The van der Waals surface area contributed by atoms with E-state index in [1.165, 1.54) is 17.7 Å². The molecular weight excluding hydrogens is 315 g/mol. The van der Waals surface area contributed by atoms with Crippen molar-refractivity contribution in [3.63, 3.8) is 0 Å². The van der Waals surface area contributed by atoms with Gasteiger partial charge >= 0.3 is 0 Å². The number of aryl methyl sites for hydroxylation is 2. The molecule has 2 rings (SSSR count). The lowest BCUT2D eigenvalue weighted by Gasteiger charge is -2.07. The largest absolute Gasteiger partial charge is 0.276 e. The van der Waals surface area contributed by atoms with Gasteiger partial charge in [-0.05, 0) is 19.9 Å². The van der Waals surface area contributed by atoms with E-state index in [1.807, 2.05) is 0 Å². The fraction of sp³-hybridized carbons (Fsp3) is 0.250. The summed E-state index contributed by atoms with van der Waals surface area (Å²) in [5, 5.41) is 14.8. The maximum Gasteiger partial charge on any atom is 0.276 e. The molecule has 0 spiro atoms. The van der Waals surface area contributed by atoms with E-state index in [-0.39, 0.29) is 11.4 Å². The van der Waals surface area contributed by atoms with Crippen LogP contribution < -0.4 is 4.72 Å². The first-order valence-corrected chi connectivity index (χ1v) is 7.58. The van der Waals surface area contributed by atoms with Gasteiger partial charge in [-0.1, -0.05) is 0 Å². The van der Waals surface area contributed by atoms with Gasteiger partial charge in [0.2, 0.25) is 0 Å². The number of rotatable bonds is 4. The molecule has 0 atom stereocenters. The zero-order valence-electron chi connectivity index (χ0n) is 12.0. The van der Waals surface area contributed by atoms with Gasteiger partial charge in [0.05, 0.1) is 15.4 Å². The van der Waals surface area contributed by atoms with Gasteiger partial charge in [-0.2, -0.15) is 5.10 Å². The van der Waals surface area contributed by atoms with Crippen LogP contribution >= 0.6 is 0 Å². The Labute approximate surface area is 125 Å². The number of benzene rings is 1. The third kappa shape index (κ3) is 2.91. The third-order valence-electron chi connectivity index (χ3n) is 3.15. The lowest BCUT2D eigenvalue weighted by atomic mass is 10.2. The summed E-state index contributed by atoms with van der Waals surface area (Å²) < 4.78 is 41.8. The minimum atomic E-state index is -4.18. The fourth-order valence-corrected chi connectivity index (χ4v) is 2.81. The summed E-state index contributed by atoms with van der Waals surface area (Å²) in [5.74, 6) is -0.921. The minimum Gasteiger partial charge on any atom is -0.271 e. The fourth-order valence-electron chi connectivity index (χ4n) is 1.79. The first kappa shape index (κ1) is 15.9. The van der Waals surface area contributed by atoms with Crippen molar-refractivity contribution in [2.45, 2.75) is 18.7 Å². The summed E-state index contributed by atoms with van der Waals surface area (Å²) in [5.41, 5.74) is -0.117. The Balaban J connectivity index is 2.47. The predicted molar refractivity (Wildman–Crippen MR) is 76.5 cm³/mol. The molecule has 0 radical (unpaired) electrons. The molecule has 0 aliphatic rings. The molecule has 1 N–H and O–H groups in total. The summed E-state index contributed by atoms with van der Waals surface area (Å²) >= 11 is 0. The van der Waals surface area contributed by atoms with Crippen molar-refractivity contribution in [3.8, 4) is 0 Å². The van der Waals surface area contributed by atoms with Gasteiger partial charge in [0.25, 0.3) is 15.7 Å². The van der Waals surface area contributed by atoms with Crippen LogP contribution in [-0.2, 0) is 17.1 Å². The highest BCUT2D eigenvalue weighted by Gasteiger charge is 2.24. The Kier molecular flexibility index (Phi) is 3.88. The van der Waals surface area contributed by atoms with Crippen LogP contribution in [0.15, 0.2) is 23.1 Å². The van der Waals surface area contributed by atoms with Crippen LogP contribution in [0.4, 0.5) is 15.9 Å². The second-order valence-electron chi connectivity index (χ2n) is 4.71. The summed E-state index contributed by atoms with van der Waals surface area (Å²) in [4.78, 5) is 9.50. The van der Waals surface area contributed by atoms with Crippen LogP contribution in [0, 0.1) is 29.8 Å². The van der Waals surface area contributed by atoms with E-state index in [9.17, 15) is 22.9 Å². The summed E-state index contributed by atoms with van der Waals surface area (Å²) in [6.07, 6.45) is 0. The Morgan fingerprint density at radius 2 is 1.95 bits per heavy atom. The van der Waals surface area contributed by atoms with Crippen LogP contribution in [0.5, 0.6) is 0 Å². The number of nitrogens with one attached hydrogen (secondary N) is 1. The van der Waals surface area contributed by atoms with Crippen LogP contribution in [0.1, 0.15) is 11.3 Å². The Bertz CT molecular complexity index is 841. The lowest BCUT2D eigenvalue weighted by Crippen LogP contribution is -2.14. The topological polar surface area (TPSA) is 107 Å². The molecule has 0 saturated heterocycles. The molecule has 0 aliphatic carbocycles. The minimum absolute atomic E-state index is 0.0450. The number of nitrogens with zero attached hydrogens (tertiary/aromatic N) is 3. The number of nitro groups is 1. The van der Waals surface area contributed by atoms with Crippen LogP contribution in [0.25, 0.3) is 0 Å². The van der Waals surface area contributed by atoms with Crippen molar-refractivity contribution in [1.82, 2.24) is 9.78 Å². The Morgan fingerprint density at radius 1 is 1.32 bits per heavy atom. The number of sulfonamides is 1. The van der Waals surface area contributed by atoms with Gasteiger partial charge in [-0.25, -0.2) is 12.8 Å². The van der Waals surface area contributed by atoms with Crippen molar-refractivity contribution in [2.75, 3.05) is 4.72 Å². The average molecular weight is 328 g/mol. The first-order chi connectivity index (χ1) is 10.1. The van der Waals surface area contributed by atoms with Gasteiger partial charge in [-0.15, -0.1) is 0 Å². The monoisotopic (exact) mass is 328 g/mol. The smallest absolute Gasteiger partial charge is 0.271 e. The molecule has 8 nitrogen and oxygen atoms in total. The molecule has 118 valence electrons. The average Bonchev–Trinajstić information content (AvgIpc) is 2.69. The highest BCUT2D eigenvalue weighted by Crippen LogP contribution is 2.26. The van der Waals surface area contributed by atoms with Gasteiger partial charge in [-0.3, -0.25) is 19.5 Å². The van der Waals surface area contributed by atoms with E-state index >= 15 is 0 Å². The number of hydrogen-bond acceptors (Lipinski definition) is 5. The molecular formula is C12H13FN4O4S. The number of hydrogen-bond donors (Lipinski definition) is 1. The molecule has 0 bridgehead atoms. The Morgan fingerprint density at radius 3 is 2.45 bits per heavy atom. The van der Waals surface area contributed by atoms with E-state index in [0.717, 1.165) is 12.1 Å². The zero-order chi connectivity index (χ0) is 16.7. The Hall–Kier alpha value is -2.49. The molecule has 0 amide bonds. The summed E-state index contributed by atoms with van der Waals surface area (Å²) in [6, 6.07) is 3.04. The van der Waals surface area contributed by atoms with E-state index in [2.05, 4.69) is 9.82 Å². The highest BCUT2D eigenvalue weighted by molar-refractivity contribution is 7.92. The van der Waals surface area contributed by atoms with Crippen molar-refractivity contribution < 1.29 is 17.7 Å². The van der Waals surface area contributed by atoms with Gasteiger partial charge in [0.1, 0.15) is 5.82 Å². The predicted octanol–water partition coefficient (Wildman–Crippen LogP) is 1.89. The second kappa shape index (κ2) is 5.37. The third-order valence-corrected chi connectivity index (χ3v) is 4.48. The molecule has 0 unspecified atom stereocenters. The normalized spacial score (nSPS) is 11.5. The van der Waals surface area contributed by atoms with Crippen LogP contribution in [0.3, 0.4) is 0 Å². The first-order valence-electron chi connectivity index (χ1n) is 6.10. The van der Waals surface area contributed by atoms with Crippen molar-refractivity contribution >= 4 is 21.5 Å². The summed E-state index contributed by atoms with van der Waals surface area (Å²) in [7, 11) is -2.55. The molecule has 1 heterocycles. The van der Waals surface area contributed by atoms with Crippen LogP contribution in [0.2, 0.25) is 0 Å². The second-order valence-corrected chi connectivity index (χ2v) is 6.39. The lowest BCUT2D eigenvalue weighted by molar-refractivity contribution is -0.385. The molecule has 0 aliphatic heterocycles. The maximum absolute atomic E-state index is 13.7. The zero-order valence-corrected chi connectivity index (χ0v) is 12.8. The number of aromatic nitrogens is 2. The van der Waals surface area contributed by atoms with E-state index in [1.54, 1.807) is 14.0 Å². The summed E-state index contributed by atoms with van der Waals surface area (Å²) in [6.45, 7) is 2.93. The number of anilines is 1. The van der Waals surface area contributed by atoms with E-state index in [4.69, 9.17) is 0 Å². The van der Waals surface area contributed by atoms with Crippen molar-refractivity contribution in [3.05, 3.63) is 45.4 Å². The van der Waals surface area contributed by atoms with Gasteiger partial charge in [0, 0.05) is 24.9 Å². The van der Waals surface area contributed by atoms with Gasteiger partial charge in [0.15, 0.2) is 5.82 Å². The van der Waals surface area contributed by atoms with Gasteiger partial charge < -0.3 is 0 Å². The standard InChI is InChI=1S/C12H13FN4O4S/c1-7-4-12(14-16(7)3)15-22(20,21)9-5-10(13)8(2)11(6-9)17(18)19/h4-6H,1-3H3,(H,14,15). The number of nitro benzene ring substituents is 1. The number of halogens is 1. The quantitative estimate of drug-likeness (QED) is 0.681. The molecule has 1 aromatic heterocycles. The molecule has 22 heavy (non-hydrogen) atoms.